The molecule has 0 spiro atoms. The van der Waals surface area contributed by atoms with Crippen LogP contribution in [0.2, 0.25) is 0 Å². The topological polar surface area (TPSA) is 111 Å². The molecule has 48 heavy (non-hydrogen) atoms. The van der Waals surface area contributed by atoms with Crippen molar-refractivity contribution in [3.63, 3.8) is 0 Å². The van der Waals surface area contributed by atoms with Gasteiger partial charge >= 0.3 is 5.91 Å². The summed E-state index contributed by atoms with van der Waals surface area (Å²) in [5.74, 6) is 1.08. The van der Waals surface area contributed by atoms with Crippen LogP contribution in [0.1, 0.15) is 68.0 Å². The summed E-state index contributed by atoms with van der Waals surface area (Å²) in [7, 11) is 0. The number of aliphatic hydroxyl groups excluding tert-OH is 1. The Morgan fingerprint density at radius 2 is 1.85 bits per heavy atom. The SMILES string of the molecule is CCOc1cc([C@H]2/C(=C(\O)c3ccc4c(c3)C[C@H](C)O4)C(=O)C(=O)N2c2nnc(SCc3ccc(C)cc3)s2)ccc1OCCC(C)C. The number of aryl methyl sites for hydroxylation is 1. The highest BCUT2D eigenvalue weighted by atomic mass is 32.2. The van der Waals surface area contributed by atoms with E-state index in [1.165, 1.54) is 33.6 Å². The molecule has 4 aromatic rings. The molecule has 2 aliphatic rings. The molecule has 0 unspecified atom stereocenters. The molecule has 0 saturated carbocycles. The Balaban J connectivity index is 1.40. The zero-order valence-electron chi connectivity index (χ0n) is 27.7. The molecular formula is C37H39N3O6S2. The van der Waals surface area contributed by atoms with Crippen LogP contribution in [0.5, 0.6) is 17.2 Å². The Morgan fingerprint density at radius 3 is 2.60 bits per heavy atom. The van der Waals surface area contributed by atoms with E-state index in [-0.39, 0.29) is 22.6 Å². The molecule has 1 aromatic heterocycles. The quantitative estimate of drug-likeness (QED) is 0.0523. The molecule has 11 heteroatoms. The predicted molar refractivity (Wildman–Crippen MR) is 188 cm³/mol. The highest BCUT2D eigenvalue weighted by molar-refractivity contribution is 8.00. The van der Waals surface area contributed by atoms with Crippen molar-refractivity contribution in [3.05, 3.63) is 94.1 Å². The maximum absolute atomic E-state index is 13.9. The van der Waals surface area contributed by atoms with Gasteiger partial charge in [-0.25, -0.2) is 0 Å². The Kier molecular flexibility index (Phi) is 10.1. The van der Waals surface area contributed by atoms with Crippen molar-refractivity contribution >= 4 is 45.7 Å². The highest BCUT2D eigenvalue weighted by Gasteiger charge is 2.48. The lowest BCUT2D eigenvalue weighted by Gasteiger charge is -2.24. The van der Waals surface area contributed by atoms with E-state index in [1.54, 1.807) is 30.3 Å². The van der Waals surface area contributed by atoms with E-state index in [1.807, 2.05) is 26.8 Å². The third kappa shape index (κ3) is 7.07. The number of benzene rings is 3. The molecule has 6 rings (SSSR count). The molecule has 1 saturated heterocycles. The number of nitrogens with zero attached hydrogens (tertiary/aromatic N) is 3. The van der Waals surface area contributed by atoms with Gasteiger partial charge < -0.3 is 19.3 Å². The number of carbonyl (C=O) groups excluding carboxylic acids is 2. The number of fused-ring (bicyclic) bond motifs is 1. The summed E-state index contributed by atoms with van der Waals surface area (Å²) in [5, 5.41) is 20.8. The predicted octanol–water partition coefficient (Wildman–Crippen LogP) is 7.91. The van der Waals surface area contributed by atoms with Crippen LogP contribution in [0.4, 0.5) is 5.13 Å². The normalized spacial score (nSPS) is 18.3. The van der Waals surface area contributed by atoms with Crippen LogP contribution < -0.4 is 19.1 Å². The summed E-state index contributed by atoms with van der Waals surface area (Å²) >= 11 is 2.74. The Bertz CT molecular complexity index is 1850. The first-order valence-corrected chi connectivity index (χ1v) is 18.0. The maximum Gasteiger partial charge on any atom is 0.301 e. The molecule has 2 atom stereocenters. The lowest BCUT2D eigenvalue weighted by atomic mass is 9.94. The average Bonchev–Trinajstić information content (AvgIpc) is 3.75. The number of carbonyl (C=O) groups is 2. The van der Waals surface area contributed by atoms with Crippen molar-refractivity contribution in [1.82, 2.24) is 10.2 Å². The molecule has 0 aliphatic carbocycles. The second-order valence-corrected chi connectivity index (χ2v) is 14.6. The lowest BCUT2D eigenvalue weighted by Crippen LogP contribution is -2.29. The minimum absolute atomic E-state index is 0.0108. The minimum atomic E-state index is -0.986. The van der Waals surface area contributed by atoms with Crippen LogP contribution in [0.15, 0.2) is 70.6 Å². The third-order valence-electron chi connectivity index (χ3n) is 8.23. The number of anilines is 1. The number of aliphatic hydroxyl groups is 1. The van der Waals surface area contributed by atoms with E-state index in [0.29, 0.717) is 58.3 Å². The first-order chi connectivity index (χ1) is 23.1. The van der Waals surface area contributed by atoms with Crippen molar-refractivity contribution in [2.75, 3.05) is 18.1 Å². The van der Waals surface area contributed by atoms with Gasteiger partial charge in [-0.2, -0.15) is 0 Å². The van der Waals surface area contributed by atoms with Gasteiger partial charge in [0.15, 0.2) is 15.8 Å². The monoisotopic (exact) mass is 685 g/mol. The number of amides is 1. The number of hydrogen-bond donors (Lipinski definition) is 1. The smallest absolute Gasteiger partial charge is 0.301 e. The fourth-order valence-electron chi connectivity index (χ4n) is 5.74. The highest BCUT2D eigenvalue weighted by Crippen LogP contribution is 2.46. The zero-order chi connectivity index (χ0) is 33.9. The molecule has 1 amide bonds. The first kappa shape index (κ1) is 33.5. The fourth-order valence-corrected chi connectivity index (χ4v) is 7.57. The summed E-state index contributed by atoms with van der Waals surface area (Å²) < 4.78 is 18.6. The molecule has 1 N–H and O–H groups in total. The van der Waals surface area contributed by atoms with Gasteiger partial charge in [0, 0.05) is 17.7 Å². The van der Waals surface area contributed by atoms with Gasteiger partial charge in [0.1, 0.15) is 17.6 Å². The van der Waals surface area contributed by atoms with E-state index >= 15 is 0 Å². The van der Waals surface area contributed by atoms with Gasteiger partial charge in [-0.1, -0.05) is 72.8 Å². The van der Waals surface area contributed by atoms with Crippen molar-refractivity contribution in [2.45, 2.75) is 69.7 Å². The van der Waals surface area contributed by atoms with Crippen molar-refractivity contribution in [1.29, 1.82) is 0 Å². The van der Waals surface area contributed by atoms with Gasteiger partial charge in [0.2, 0.25) is 5.13 Å². The van der Waals surface area contributed by atoms with Crippen LogP contribution in [-0.2, 0) is 21.8 Å². The molecule has 2 aliphatic heterocycles. The van der Waals surface area contributed by atoms with Gasteiger partial charge in [0.25, 0.3) is 5.78 Å². The van der Waals surface area contributed by atoms with Gasteiger partial charge in [-0.05, 0) is 80.1 Å². The lowest BCUT2D eigenvalue weighted by molar-refractivity contribution is -0.132. The van der Waals surface area contributed by atoms with E-state index in [9.17, 15) is 14.7 Å². The molecule has 0 bridgehead atoms. The molecule has 3 aromatic carbocycles. The number of rotatable bonds is 12. The number of hydrogen-bond acceptors (Lipinski definition) is 10. The standard InChI is InChI=1S/C37H39N3O6S2/c1-6-44-30-19-25(11-14-29(30)45-16-15-21(2)3)32-31(33(41)26-12-13-28-27(18-26)17-23(5)46-28)34(42)35(43)40(32)36-38-39-37(48-36)47-20-24-9-7-22(4)8-10-24/h7-14,18-19,21,23,32,41H,6,15-17,20H2,1-5H3/b33-31+/t23-,32-/m0/s1. The number of aromatic nitrogens is 2. The average molecular weight is 686 g/mol. The van der Waals surface area contributed by atoms with Gasteiger partial charge in [-0.15, -0.1) is 10.2 Å². The molecule has 9 nitrogen and oxygen atoms in total. The van der Waals surface area contributed by atoms with Crippen molar-refractivity contribution in [3.8, 4) is 17.2 Å². The molecule has 3 heterocycles. The van der Waals surface area contributed by atoms with Crippen molar-refractivity contribution < 1.29 is 28.9 Å². The Hall–Kier alpha value is -4.35. The van der Waals surface area contributed by atoms with Gasteiger partial charge in [-0.3, -0.25) is 14.5 Å². The van der Waals surface area contributed by atoms with Crippen molar-refractivity contribution in [2.24, 2.45) is 5.92 Å². The largest absolute Gasteiger partial charge is 0.507 e. The fraction of sp³-hybridized carbons (Fsp3) is 0.351. The van der Waals surface area contributed by atoms with Crippen LogP contribution in [0.3, 0.4) is 0 Å². The summed E-state index contributed by atoms with van der Waals surface area (Å²) in [6.45, 7) is 11.1. The van der Waals surface area contributed by atoms with Crippen LogP contribution in [0.25, 0.3) is 5.76 Å². The second-order valence-electron chi connectivity index (χ2n) is 12.4. The first-order valence-electron chi connectivity index (χ1n) is 16.1. The van der Waals surface area contributed by atoms with E-state index in [0.717, 1.165) is 23.3 Å². The van der Waals surface area contributed by atoms with Crippen LogP contribution >= 0.6 is 23.1 Å². The summed E-state index contributed by atoms with van der Waals surface area (Å²) in [6, 6.07) is 18.0. The summed E-state index contributed by atoms with van der Waals surface area (Å²) in [5.41, 5.74) is 4.21. The third-order valence-corrected chi connectivity index (χ3v) is 10.4. The number of Topliss-reactive ketones (excluding diaryl/α,β-unsaturated/α-hetero) is 1. The maximum atomic E-state index is 13.9. The molecular weight excluding hydrogens is 647 g/mol. The van der Waals surface area contributed by atoms with Crippen LogP contribution in [0, 0.1) is 12.8 Å². The molecule has 0 radical (unpaired) electrons. The number of ketones is 1. The van der Waals surface area contributed by atoms with E-state index in [4.69, 9.17) is 14.2 Å². The van der Waals surface area contributed by atoms with E-state index in [2.05, 4.69) is 48.3 Å². The minimum Gasteiger partial charge on any atom is -0.507 e. The number of ether oxygens (including phenoxy) is 3. The van der Waals surface area contributed by atoms with E-state index < -0.39 is 17.7 Å². The zero-order valence-corrected chi connectivity index (χ0v) is 29.3. The summed E-state index contributed by atoms with van der Waals surface area (Å²) in [6.07, 6.45) is 1.56. The molecule has 250 valence electrons. The number of thioether (sulfide) groups is 1. The van der Waals surface area contributed by atoms with Crippen LogP contribution in [-0.4, -0.2) is 46.3 Å². The Labute approximate surface area is 288 Å². The second kappa shape index (κ2) is 14.4. The van der Waals surface area contributed by atoms with Gasteiger partial charge in [0.05, 0.1) is 24.8 Å². The Morgan fingerprint density at radius 1 is 1.06 bits per heavy atom. The summed E-state index contributed by atoms with van der Waals surface area (Å²) in [4.78, 5) is 29.1. The molecule has 1 fully saturated rings.